The zero-order chi connectivity index (χ0) is 10.8. The molecule has 0 bridgehead atoms. The Balaban J connectivity index is 1.66. The van der Waals surface area contributed by atoms with Gasteiger partial charge in [-0.3, -0.25) is 0 Å². The first kappa shape index (κ1) is 10.2. The Bertz CT molecular complexity index is 267. The first-order valence-corrected chi connectivity index (χ1v) is 6.26. The molecule has 0 radical (unpaired) electrons. The van der Waals surface area contributed by atoms with E-state index in [4.69, 9.17) is 9.31 Å². The van der Waals surface area contributed by atoms with Crippen LogP contribution in [0.25, 0.3) is 0 Å². The quantitative estimate of drug-likeness (QED) is 0.649. The van der Waals surface area contributed by atoms with E-state index < -0.39 is 0 Å². The minimum atomic E-state index is -0.144. The third-order valence-electron chi connectivity index (χ3n) is 4.74. The molecule has 2 unspecified atom stereocenters. The van der Waals surface area contributed by atoms with E-state index in [1.807, 2.05) is 0 Å². The van der Waals surface area contributed by atoms with Gasteiger partial charge in [0, 0.05) is 0 Å². The molecule has 2 nitrogen and oxygen atoms in total. The van der Waals surface area contributed by atoms with E-state index in [0.29, 0.717) is 5.82 Å². The Kier molecular flexibility index (Phi) is 1.90. The lowest BCUT2D eigenvalue weighted by atomic mass is 9.80. The van der Waals surface area contributed by atoms with Crippen molar-refractivity contribution >= 4 is 7.12 Å². The van der Waals surface area contributed by atoms with Crippen molar-refractivity contribution in [1.29, 1.82) is 0 Å². The molecule has 3 heteroatoms. The average molecular weight is 208 g/mol. The van der Waals surface area contributed by atoms with Crippen molar-refractivity contribution in [2.75, 3.05) is 0 Å². The van der Waals surface area contributed by atoms with Gasteiger partial charge in [-0.05, 0) is 64.6 Å². The second-order valence-corrected chi connectivity index (χ2v) is 6.53. The van der Waals surface area contributed by atoms with E-state index in [2.05, 4.69) is 27.7 Å². The van der Waals surface area contributed by atoms with Gasteiger partial charge >= 0.3 is 7.12 Å². The lowest BCUT2D eigenvalue weighted by molar-refractivity contribution is 0.00578. The fourth-order valence-electron chi connectivity index (χ4n) is 2.68. The molecule has 3 aliphatic rings. The van der Waals surface area contributed by atoms with Gasteiger partial charge in [0.05, 0.1) is 11.2 Å². The maximum Gasteiger partial charge on any atom is 0.461 e. The van der Waals surface area contributed by atoms with Crippen molar-refractivity contribution in [2.45, 2.75) is 64.0 Å². The first-order chi connectivity index (χ1) is 6.91. The third-order valence-corrected chi connectivity index (χ3v) is 4.74. The van der Waals surface area contributed by atoms with Crippen LogP contribution in [0.4, 0.5) is 0 Å². The summed E-state index contributed by atoms with van der Waals surface area (Å²) in [6.45, 7) is 8.56. The molecule has 1 aliphatic heterocycles. The summed E-state index contributed by atoms with van der Waals surface area (Å²) < 4.78 is 12.1. The highest BCUT2D eigenvalue weighted by molar-refractivity contribution is 6.48. The molecule has 2 atom stereocenters. The molecule has 2 aliphatic carbocycles. The van der Waals surface area contributed by atoms with E-state index in [9.17, 15) is 0 Å². The lowest BCUT2D eigenvalue weighted by Crippen LogP contribution is -2.41. The van der Waals surface area contributed by atoms with E-state index in [1.54, 1.807) is 0 Å². The van der Waals surface area contributed by atoms with Crippen LogP contribution in [0.5, 0.6) is 0 Å². The first-order valence-electron chi connectivity index (χ1n) is 6.26. The molecule has 2 saturated carbocycles. The summed E-state index contributed by atoms with van der Waals surface area (Å²) in [7, 11) is 0.0700. The fourth-order valence-corrected chi connectivity index (χ4v) is 2.68. The summed E-state index contributed by atoms with van der Waals surface area (Å²) in [5.74, 6) is 2.62. The second kappa shape index (κ2) is 2.81. The Hall–Kier alpha value is -0.0151. The Morgan fingerprint density at radius 2 is 1.53 bits per heavy atom. The van der Waals surface area contributed by atoms with Crippen LogP contribution in [0.2, 0.25) is 5.82 Å². The fraction of sp³-hybridized carbons (Fsp3) is 1.00. The number of hydrogen-bond acceptors (Lipinski definition) is 2. The highest BCUT2D eigenvalue weighted by Gasteiger charge is 2.61. The van der Waals surface area contributed by atoms with Crippen LogP contribution >= 0.6 is 0 Å². The second-order valence-electron chi connectivity index (χ2n) is 6.53. The van der Waals surface area contributed by atoms with Crippen LogP contribution in [0, 0.1) is 11.8 Å². The summed E-state index contributed by atoms with van der Waals surface area (Å²) in [4.78, 5) is 0. The number of hydrogen-bond donors (Lipinski definition) is 0. The molecule has 0 aromatic heterocycles. The van der Waals surface area contributed by atoms with Gasteiger partial charge in [-0.1, -0.05) is 0 Å². The van der Waals surface area contributed by atoms with Crippen LogP contribution in [-0.4, -0.2) is 18.3 Å². The van der Waals surface area contributed by atoms with Gasteiger partial charge in [-0.15, -0.1) is 0 Å². The summed E-state index contributed by atoms with van der Waals surface area (Å²) in [6.07, 6.45) is 4.23. The maximum absolute atomic E-state index is 6.07. The van der Waals surface area contributed by atoms with Crippen molar-refractivity contribution in [2.24, 2.45) is 11.8 Å². The van der Waals surface area contributed by atoms with Gasteiger partial charge in [-0.2, -0.15) is 0 Å². The molecule has 1 heterocycles. The topological polar surface area (TPSA) is 18.5 Å². The standard InChI is InChI=1S/C12H21BO2/c1-11(2)12(3,4)15-13(14-11)10-7-9(10)8-5-6-8/h8-10H,5-7H2,1-4H3. The minimum Gasteiger partial charge on any atom is -0.403 e. The Morgan fingerprint density at radius 3 is 2.00 bits per heavy atom. The van der Waals surface area contributed by atoms with Crippen LogP contribution in [0.1, 0.15) is 47.0 Å². The normalized spacial score (nSPS) is 42.0. The van der Waals surface area contributed by atoms with Gasteiger partial charge in [0.2, 0.25) is 0 Å². The van der Waals surface area contributed by atoms with Gasteiger partial charge in [0.1, 0.15) is 0 Å². The van der Waals surface area contributed by atoms with Gasteiger partial charge in [0.15, 0.2) is 0 Å². The molecule has 84 valence electrons. The van der Waals surface area contributed by atoms with Crippen LogP contribution < -0.4 is 0 Å². The monoisotopic (exact) mass is 208 g/mol. The summed E-state index contributed by atoms with van der Waals surface area (Å²) in [5, 5.41) is 0. The highest BCUT2D eigenvalue weighted by atomic mass is 16.7. The van der Waals surface area contributed by atoms with Crippen molar-refractivity contribution in [3.8, 4) is 0 Å². The molecule has 1 saturated heterocycles. The Morgan fingerprint density at radius 1 is 1.00 bits per heavy atom. The van der Waals surface area contributed by atoms with Gasteiger partial charge in [0.25, 0.3) is 0 Å². The molecule has 0 amide bonds. The molecule has 0 spiro atoms. The predicted octanol–water partition coefficient (Wildman–Crippen LogP) is 2.88. The molecular formula is C12H21BO2. The highest BCUT2D eigenvalue weighted by Crippen LogP contribution is 2.61. The van der Waals surface area contributed by atoms with Crippen LogP contribution in [0.3, 0.4) is 0 Å². The average Bonchev–Trinajstić information content (AvgIpc) is 2.96. The molecular weight excluding hydrogens is 187 g/mol. The van der Waals surface area contributed by atoms with Crippen molar-refractivity contribution in [1.82, 2.24) is 0 Å². The van der Waals surface area contributed by atoms with Gasteiger partial charge < -0.3 is 9.31 Å². The summed E-state index contributed by atoms with van der Waals surface area (Å²) in [5.41, 5.74) is -0.289. The summed E-state index contributed by atoms with van der Waals surface area (Å²) >= 11 is 0. The maximum atomic E-state index is 6.07. The zero-order valence-corrected chi connectivity index (χ0v) is 10.2. The van der Waals surface area contributed by atoms with Crippen LogP contribution in [0.15, 0.2) is 0 Å². The molecule has 0 N–H and O–H groups in total. The minimum absolute atomic E-state index is 0.0700. The predicted molar refractivity (Wildman–Crippen MR) is 60.7 cm³/mol. The van der Waals surface area contributed by atoms with Crippen molar-refractivity contribution in [3.05, 3.63) is 0 Å². The lowest BCUT2D eigenvalue weighted by Gasteiger charge is -2.32. The number of rotatable bonds is 2. The molecule has 0 aromatic carbocycles. The SMILES string of the molecule is CC1(C)OB(C2CC2C2CC2)OC1(C)C. The Labute approximate surface area is 92.9 Å². The zero-order valence-electron chi connectivity index (χ0n) is 10.2. The van der Waals surface area contributed by atoms with E-state index in [0.717, 1.165) is 11.8 Å². The third kappa shape index (κ3) is 1.55. The van der Waals surface area contributed by atoms with Gasteiger partial charge in [-0.25, -0.2) is 0 Å². The molecule has 15 heavy (non-hydrogen) atoms. The van der Waals surface area contributed by atoms with Crippen LogP contribution in [-0.2, 0) is 9.31 Å². The molecule has 3 rings (SSSR count). The largest absolute Gasteiger partial charge is 0.461 e. The van der Waals surface area contributed by atoms with E-state index in [-0.39, 0.29) is 18.3 Å². The van der Waals surface area contributed by atoms with Crippen molar-refractivity contribution in [3.63, 3.8) is 0 Å². The van der Waals surface area contributed by atoms with E-state index in [1.165, 1.54) is 19.3 Å². The molecule has 3 fully saturated rings. The molecule has 0 aromatic rings. The summed E-state index contributed by atoms with van der Waals surface area (Å²) in [6, 6.07) is 0. The van der Waals surface area contributed by atoms with Crippen molar-refractivity contribution < 1.29 is 9.31 Å². The van der Waals surface area contributed by atoms with E-state index >= 15 is 0 Å². The smallest absolute Gasteiger partial charge is 0.403 e.